The molecule has 0 aromatic heterocycles. The Morgan fingerprint density at radius 3 is 2.37 bits per heavy atom. The van der Waals surface area contributed by atoms with Gasteiger partial charge in [-0.2, -0.15) is 0 Å². The molecular weight excluding hydrogens is 378 g/mol. The monoisotopic (exact) mass is 413 g/mol. The number of benzene rings is 1. The minimum Gasteiger partial charge on any atom is -0.348 e. The zero-order valence-corrected chi connectivity index (χ0v) is 18.7. The zero-order chi connectivity index (χ0) is 21.9. The van der Waals surface area contributed by atoms with Gasteiger partial charge in [0.25, 0.3) is 5.91 Å². The van der Waals surface area contributed by atoms with Gasteiger partial charge < -0.3 is 10.6 Å². The molecule has 2 fully saturated rings. The van der Waals surface area contributed by atoms with Crippen molar-refractivity contribution in [3.05, 3.63) is 35.4 Å². The topological polar surface area (TPSA) is 78.5 Å². The molecule has 6 nitrogen and oxygen atoms in total. The third-order valence-electron chi connectivity index (χ3n) is 6.58. The molecule has 1 heterocycles. The van der Waals surface area contributed by atoms with Crippen molar-refractivity contribution in [2.75, 3.05) is 6.54 Å². The van der Waals surface area contributed by atoms with Gasteiger partial charge in [0.1, 0.15) is 12.1 Å². The maximum atomic E-state index is 13.0. The van der Waals surface area contributed by atoms with Crippen LogP contribution >= 0.6 is 0 Å². The lowest BCUT2D eigenvalue weighted by molar-refractivity contribution is -0.136. The normalized spacial score (nSPS) is 25.0. The molecule has 3 rings (SSSR count). The van der Waals surface area contributed by atoms with E-state index in [0.717, 1.165) is 36.1 Å². The number of carbonyl (C=O) groups is 3. The third-order valence-corrected chi connectivity index (χ3v) is 6.58. The Morgan fingerprint density at radius 2 is 1.80 bits per heavy atom. The Labute approximate surface area is 179 Å². The second-order valence-corrected chi connectivity index (χ2v) is 9.38. The third kappa shape index (κ3) is 4.85. The number of nitrogens with zero attached hydrogens (tertiary/aromatic N) is 1. The summed E-state index contributed by atoms with van der Waals surface area (Å²) < 4.78 is 0. The Hall–Kier alpha value is -2.37. The van der Waals surface area contributed by atoms with Gasteiger partial charge in [0.2, 0.25) is 5.91 Å². The summed E-state index contributed by atoms with van der Waals surface area (Å²) in [5.41, 5.74) is 1.47. The molecule has 4 amide bonds. The molecule has 30 heavy (non-hydrogen) atoms. The van der Waals surface area contributed by atoms with Crippen LogP contribution in [0.25, 0.3) is 0 Å². The van der Waals surface area contributed by atoms with E-state index in [9.17, 15) is 14.4 Å². The number of nitrogens with one attached hydrogen (secondary N) is 2. The lowest BCUT2D eigenvalue weighted by atomic mass is 9.75. The van der Waals surface area contributed by atoms with E-state index >= 15 is 0 Å². The van der Waals surface area contributed by atoms with Gasteiger partial charge in [-0.15, -0.1) is 0 Å². The van der Waals surface area contributed by atoms with Crippen LogP contribution < -0.4 is 10.6 Å². The summed E-state index contributed by atoms with van der Waals surface area (Å²) in [6.07, 6.45) is 5.31. The molecule has 1 saturated heterocycles. The highest BCUT2D eigenvalue weighted by atomic mass is 16.2. The highest BCUT2D eigenvalue weighted by molar-refractivity contribution is 6.09. The summed E-state index contributed by atoms with van der Waals surface area (Å²) >= 11 is 0. The average Bonchev–Trinajstić information content (AvgIpc) is 2.92. The van der Waals surface area contributed by atoms with E-state index in [-0.39, 0.29) is 24.4 Å². The number of rotatable bonds is 7. The fraction of sp³-hybridized carbons (Fsp3) is 0.625. The summed E-state index contributed by atoms with van der Waals surface area (Å²) in [5.74, 6) is 0.641. The molecule has 1 atom stereocenters. The number of carbonyl (C=O) groups excluding carboxylic acids is 3. The van der Waals surface area contributed by atoms with Crippen LogP contribution in [0.3, 0.4) is 0 Å². The Morgan fingerprint density at radius 1 is 1.17 bits per heavy atom. The summed E-state index contributed by atoms with van der Waals surface area (Å²) in [6.45, 7) is 8.21. The predicted octanol–water partition coefficient (Wildman–Crippen LogP) is 3.95. The van der Waals surface area contributed by atoms with Crippen molar-refractivity contribution in [1.82, 2.24) is 15.5 Å². The summed E-state index contributed by atoms with van der Waals surface area (Å²) in [4.78, 5) is 39.1. The highest BCUT2D eigenvalue weighted by Gasteiger charge is 2.52. The van der Waals surface area contributed by atoms with E-state index in [2.05, 4.69) is 43.5 Å². The van der Waals surface area contributed by atoms with E-state index in [0.29, 0.717) is 24.7 Å². The second kappa shape index (κ2) is 9.19. The summed E-state index contributed by atoms with van der Waals surface area (Å²) in [7, 11) is 0. The molecule has 0 radical (unpaired) electrons. The van der Waals surface area contributed by atoms with Gasteiger partial charge in [0.05, 0.1) is 6.04 Å². The van der Waals surface area contributed by atoms with Gasteiger partial charge in [-0.3, -0.25) is 14.5 Å². The van der Waals surface area contributed by atoms with Crippen molar-refractivity contribution in [2.24, 2.45) is 11.8 Å². The lowest BCUT2D eigenvalue weighted by Gasteiger charge is -2.34. The zero-order valence-electron chi connectivity index (χ0n) is 18.7. The Kier molecular flexibility index (Phi) is 6.84. The number of urea groups is 1. The molecule has 1 saturated carbocycles. The first-order chi connectivity index (χ1) is 14.2. The molecule has 1 aromatic carbocycles. The van der Waals surface area contributed by atoms with Gasteiger partial charge in [-0.25, -0.2) is 4.79 Å². The van der Waals surface area contributed by atoms with Crippen molar-refractivity contribution in [2.45, 2.75) is 77.8 Å². The van der Waals surface area contributed by atoms with Crippen LogP contribution in [-0.2, 0) is 16.0 Å². The molecule has 1 aliphatic carbocycles. The molecule has 6 heteroatoms. The molecule has 2 N–H and O–H groups in total. The summed E-state index contributed by atoms with van der Waals surface area (Å²) in [6, 6.07) is 7.59. The highest BCUT2D eigenvalue weighted by Crippen LogP contribution is 2.37. The molecule has 0 bridgehead atoms. The number of hydrogen-bond donors (Lipinski definition) is 2. The van der Waals surface area contributed by atoms with Crippen molar-refractivity contribution in [3.8, 4) is 0 Å². The van der Waals surface area contributed by atoms with Crippen LogP contribution in [0, 0.1) is 11.8 Å². The molecule has 2 aliphatic rings. The van der Waals surface area contributed by atoms with Crippen molar-refractivity contribution in [1.29, 1.82) is 0 Å². The van der Waals surface area contributed by atoms with Gasteiger partial charge in [0.15, 0.2) is 0 Å². The van der Waals surface area contributed by atoms with Crippen molar-refractivity contribution < 1.29 is 14.4 Å². The van der Waals surface area contributed by atoms with E-state index < -0.39 is 11.6 Å². The maximum absolute atomic E-state index is 13.0. The van der Waals surface area contributed by atoms with Gasteiger partial charge in [0, 0.05) is 0 Å². The van der Waals surface area contributed by atoms with Crippen LogP contribution in [0.4, 0.5) is 4.79 Å². The summed E-state index contributed by atoms with van der Waals surface area (Å²) in [5, 5.41) is 5.80. The SMILES string of the molecule is CCC1CCC2(CC1)NC(=O)N(CC(=O)N[C@@H](C)c1ccc(CC(C)C)cc1)C2=O. The predicted molar refractivity (Wildman–Crippen MR) is 117 cm³/mol. The van der Waals surface area contributed by atoms with Gasteiger partial charge in [-0.05, 0) is 62.0 Å². The Bertz CT molecular complexity index is 779. The van der Waals surface area contributed by atoms with E-state index in [4.69, 9.17) is 0 Å². The van der Waals surface area contributed by atoms with Crippen LogP contribution in [0.15, 0.2) is 24.3 Å². The van der Waals surface area contributed by atoms with Crippen molar-refractivity contribution in [3.63, 3.8) is 0 Å². The quantitative estimate of drug-likeness (QED) is 0.664. The molecule has 1 aliphatic heterocycles. The fourth-order valence-corrected chi connectivity index (χ4v) is 4.67. The van der Waals surface area contributed by atoms with E-state index in [1.54, 1.807) is 0 Å². The van der Waals surface area contributed by atoms with Crippen LogP contribution in [0.1, 0.15) is 77.0 Å². The molecule has 1 spiro atoms. The first-order valence-corrected chi connectivity index (χ1v) is 11.3. The average molecular weight is 414 g/mol. The fourth-order valence-electron chi connectivity index (χ4n) is 4.67. The number of hydrogen-bond acceptors (Lipinski definition) is 3. The van der Waals surface area contributed by atoms with Crippen LogP contribution in [0.5, 0.6) is 0 Å². The van der Waals surface area contributed by atoms with E-state index in [1.807, 2.05) is 19.1 Å². The maximum Gasteiger partial charge on any atom is 0.325 e. The van der Waals surface area contributed by atoms with Crippen LogP contribution in [0.2, 0.25) is 0 Å². The Balaban J connectivity index is 1.56. The van der Waals surface area contributed by atoms with Gasteiger partial charge >= 0.3 is 6.03 Å². The number of imide groups is 1. The van der Waals surface area contributed by atoms with Gasteiger partial charge in [-0.1, -0.05) is 51.5 Å². The largest absolute Gasteiger partial charge is 0.348 e. The standard InChI is InChI=1S/C24H35N3O3/c1-5-18-10-12-24(13-11-18)22(29)27(23(30)26-24)15-21(28)25-17(4)20-8-6-19(7-9-20)14-16(2)3/h6-9,16-18H,5,10-15H2,1-4H3,(H,25,28)(H,26,30)/t17-,18?,24?/m0/s1. The molecule has 164 valence electrons. The smallest absolute Gasteiger partial charge is 0.325 e. The second-order valence-electron chi connectivity index (χ2n) is 9.38. The molecular formula is C24H35N3O3. The van der Waals surface area contributed by atoms with E-state index in [1.165, 1.54) is 5.56 Å². The minimum absolute atomic E-state index is 0.194. The first-order valence-electron chi connectivity index (χ1n) is 11.3. The first kappa shape index (κ1) is 22.3. The molecule has 1 aromatic rings. The number of amides is 4. The van der Waals surface area contributed by atoms with Crippen LogP contribution in [-0.4, -0.2) is 34.8 Å². The minimum atomic E-state index is -0.805. The lowest BCUT2D eigenvalue weighted by Crippen LogP contribution is -2.50. The van der Waals surface area contributed by atoms with Crippen molar-refractivity contribution >= 4 is 17.8 Å². The molecule has 0 unspecified atom stereocenters.